The van der Waals surface area contributed by atoms with Gasteiger partial charge in [-0.1, -0.05) is 0 Å². The molecule has 1 atom stereocenters. The van der Waals surface area contributed by atoms with E-state index >= 15 is 0 Å². The molecule has 1 unspecified atom stereocenters. The Morgan fingerprint density at radius 2 is 2.12 bits per heavy atom. The van der Waals surface area contributed by atoms with Crippen molar-refractivity contribution in [3.05, 3.63) is 24.5 Å². The van der Waals surface area contributed by atoms with Gasteiger partial charge >= 0.3 is 0 Å². The van der Waals surface area contributed by atoms with Crippen LogP contribution in [0.3, 0.4) is 0 Å². The van der Waals surface area contributed by atoms with Crippen molar-refractivity contribution < 1.29 is 13.2 Å². The van der Waals surface area contributed by atoms with Crippen LogP contribution in [0.15, 0.2) is 24.5 Å². The minimum atomic E-state index is -2.99. The first-order chi connectivity index (χ1) is 8.05. The number of aromatic nitrogens is 1. The third-order valence-corrected chi connectivity index (χ3v) is 4.33. The lowest BCUT2D eigenvalue weighted by molar-refractivity contribution is -0.117. The molecule has 17 heavy (non-hydrogen) atoms. The van der Waals surface area contributed by atoms with Gasteiger partial charge in [0.1, 0.15) is 0 Å². The van der Waals surface area contributed by atoms with E-state index in [0.29, 0.717) is 6.54 Å². The number of nitrogens with one attached hydrogen (secondary N) is 2. The van der Waals surface area contributed by atoms with Gasteiger partial charge in [-0.25, -0.2) is 8.42 Å². The Hall–Kier alpha value is -1.34. The molecule has 1 amide bonds. The maximum atomic E-state index is 11.6. The van der Waals surface area contributed by atoms with Crippen LogP contribution in [-0.2, 0) is 14.6 Å². The largest absolute Gasteiger partial charge is 0.311 e. The Labute approximate surface area is 99.9 Å². The zero-order valence-electron chi connectivity index (χ0n) is 9.30. The highest BCUT2D eigenvalue weighted by atomic mass is 32.2. The number of hydrogen-bond donors (Lipinski definition) is 2. The summed E-state index contributed by atoms with van der Waals surface area (Å²) in [5, 5.41) is 3.04. The topological polar surface area (TPSA) is 80.2 Å². The minimum Gasteiger partial charge on any atom is -0.311 e. The Morgan fingerprint density at radius 3 is 2.76 bits per heavy atom. The van der Waals surface area contributed by atoms with E-state index in [9.17, 15) is 13.2 Å². The van der Waals surface area contributed by atoms with Crippen LogP contribution in [0, 0.1) is 0 Å². The molecule has 1 aliphatic rings. The SMILES string of the molecule is O=C(CC1CS(=O)(=O)CCN1)Nn1cccc1. The minimum absolute atomic E-state index is 0.0338. The smallest absolute Gasteiger partial charge is 0.240 e. The average molecular weight is 257 g/mol. The van der Waals surface area contributed by atoms with Gasteiger partial charge in [0.05, 0.1) is 11.5 Å². The first kappa shape index (κ1) is 12.1. The molecule has 0 bridgehead atoms. The second-order valence-electron chi connectivity index (χ2n) is 4.09. The third kappa shape index (κ3) is 3.57. The van der Waals surface area contributed by atoms with E-state index in [-0.39, 0.29) is 29.9 Å². The van der Waals surface area contributed by atoms with Crippen LogP contribution in [-0.4, -0.2) is 43.1 Å². The van der Waals surface area contributed by atoms with E-state index in [1.54, 1.807) is 29.2 Å². The molecule has 0 saturated carbocycles. The fraction of sp³-hybridized carbons (Fsp3) is 0.500. The highest BCUT2D eigenvalue weighted by Crippen LogP contribution is 2.05. The molecular weight excluding hydrogens is 242 g/mol. The molecule has 0 radical (unpaired) electrons. The third-order valence-electron chi connectivity index (χ3n) is 2.59. The first-order valence-corrected chi connectivity index (χ1v) is 7.24. The van der Waals surface area contributed by atoms with Gasteiger partial charge < -0.3 is 5.32 Å². The number of hydrogen-bond acceptors (Lipinski definition) is 4. The van der Waals surface area contributed by atoms with Crippen molar-refractivity contribution >= 4 is 15.7 Å². The molecule has 1 fully saturated rings. The lowest BCUT2D eigenvalue weighted by Gasteiger charge is -2.23. The molecular formula is C10H15N3O3S. The van der Waals surface area contributed by atoms with Crippen LogP contribution in [0.1, 0.15) is 6.42 Å². The van der Waals surface area contributed by atoms with Crippen molar-refractivity contribution in [3.8, 4) is 0 Å². The zero-order chi connectivity index (χ0) is 12.3. The normalized spacial score (nSPS) is 23.2. The van der Waals surface area contributed by atoms with Crippen LogP contribution in [0.5, 0.6) is 0 Å². The predicted molar refractivity (Wildman–Crippen MR) is 63.9 cm³/mol. The summed E-state index contributed by atoms with van der Waals surface area (Å²) < 4.78 is 24.3. The van der Waals surface area contributed by atoms with Crippen molar-refractivity contribution in [2.45, 2.75) is 12.5 Å². The van der Waals surface area contributed by atoms with Crippen LogP contribution >= 0.6 is 0 Å². The van der Waals surface area contributed by atoms with Crippen LogP contribution in [0.25, 0.3) is 0 Å². The molecule has 1 saturated heterocycles. The fourth-order valence-corrected chi connectivity index (χ4v) is 3.27. The number of carbonyl (C=O) groups is 1. The van der Waals surface area contributed by atoms with Gasteiger partial charge in [-0.05, 0) is 12.1 Å². The molecule has 2 rings (SSSR count). The van der Waals surface area contributed by atoms with Crippen molar-refractivity contribution in [3.63, 3.8) is 0 Å². The quantitative estimate of drug-likeness (QED) is 0.753. The highest BCUT2D eigenvalue weighted by Gasteiger charge is 2.25. The van der Waals surface area contributed by atoms with Crippen molar-refractivity contribution in [2.75, 3.05) is 23.5 Å². The molecule has 1 aromatic rings. The van der Waals surface area contributed by atoms with Gasteiger partial charge in [-0.2, -0.15) is 0 Å². The zero-order valence-corrected chi connectivity index (χ0v) is 10.1. The second kappa shape index (κ2) is 4.89. The standard InChI is InChI=1S/C10H15N3O3S/c14-10(12-13-4-1-2-5-13)7-9-8-17(15,16)6-3-11-9/h1-2,4-5,9,11H,3,6-8H2,(H,12,14). The molecule has 7 heteroatoms. The second-order valence-corrected chi connectivity index (χ2v) is 6.32. The first-order valence-electron chi connectivity index (χ1n) is 5.42. The fourth-order valence-electron chi connectivity index (χ4n) is 1.82. The van der Waals surface area contributed by atoms with Gasteiger partial charge in [0.25, 0.3) is 0 Å². The van der Waals surface area contributed by atoms with Gasteiger partial charge in [0.15, 0.2) is 9.84 Å². The summed E-state index contributed by atoms with van der Waals surface area (Å²) >= 11 is 0. The number of nitrogens with zero attached hydrogens (tertiary/aromatic N) is 1. The summed E-state index contributed by atoms with van der Waals surface area (Å²) in [6, 6.07) is 3.30. The lowest BCUT2D eigenvalue weighted by Crippen LogP contribution is -2.47. The average Bonchev–Trinajstić information content (AvgIpc) is 2.68. The maximum Gasteiger partial charge on any atom is 0.240 e. The Balaban J connectivity index is 1.86. The molecule has 1 aliphatic heterocycles. The van der Waals surface area contributed by atoms with E-state index in [4.69, 9.17) is 0 Å². The number of amides is 1. The van der Waals surface area contributed by atoms with E-state index in [1.165, 1.54) is 0 Å². The molecule has 0 aromatic carbocycles. The Morgan fingerprint density at radius 1 is 1.41 bits per heavy atom. The maximum absolute atomic E-state index is 11.6. The molecule has 94 valence electrons. The highest BCUT2D eigenvalue weighted by molar-refractivity contribution is 7.91. The van der Waals surface area contributed by atoms with E-state index in [1.807, 2.05) is 0 Å². The molecule has 0 aliphatic carbocycles. The molecule has 2 heterocycles. The summed E-state index contributed by atoms with van der Waals surface area (Å²) in [6.07, 6.45) is 3.59. The Bertz CT molecular complexity index is 481. The van der Waals surface area contributed by atoms with Gasteiger partial charge in [-0.3, -0.25) is 14.9 Å². The van der Waals surface area contributed by atoms with Crippen molar-refractivity contribution in [1.82, 2.24) is 9.99 Å². The van der Waals surface area contributed by atoms with Gasteiger partial charge in [0, 0.05) is 31.4 Å². The van der Waals surface area contributed by atoms with Crippen molar-refractivity contribution in [2.24, 2.45) is 0 Å². The van der Waals surface area contributed by atoms with Crippen LogP contribution in [0.4, 0.5) is 0 Å². The summed E-state index contributed by atoms with van der Waals surface area (Å²) in [5.74, 6) is -0.00903. The van der Waals surface area contributed by atoms with E-state index in [2.05, 4.69) is 10.7 Å². The molecule has 2 N–H and O–H groups in total. The predicted octanol–water partition coefficient (Wildman–Crippen LogP) is -0.665. The molecule has 6 nitrogen and oxygen atoms in total. The van der Waals surface area contributed by atoms with Gasteiger partial charge in [-0.15, -0.1) is 0 Å². The molecule has 0 spiro atoms. The summed E-state index contributed by atoms with van der Waals surface area (Å²) in [6.45, 7) is 0.420. The monoisotopic (exact) mass is 257 g/mol. The summed E-state index contributed by atoms with van der Waals surface area (Å²) in [4.78, 5) is 11.6. The number of carbonyl (C=O) groups excluding carboxylic acids is 1. The van der Waals surface area contributed by atoms with Crippen molar-refractivity contribution in [1.29, 1.82) is 0 Å². The number of sulfone groups is 1. The van der Waals surface area contributed by atoms with Crippen LogP contribution < -0.4 is 10.7 Å². The Kier molecular flexibility index (Phi) is 3.49. The summed E-state index contributed by atoms with van der Waals surface area (Å²) in [7, 11) is -2.99. The van der Waals surface area contributed by atoms with E-state index < -0.39 is 9.84 Å². The van der Waals surface area contributed by atoms with Crippen LogP contribution in [0.2, 0.25) is 0 Å². The van der Waals surface area contributed by atoms with Gasteiger partial charge in [0.2, 0.25) is 5.91 Å². The van der Waals surface area contributed by atoms with E-state index in [0.717, 1.165) is 0 Å². The summed E-state index contributed by atoms with van der Waals surface area (Å²) in [5.41, 5.74) is 2.64. The number of rotatable bonds is 3. The lowest BCUT2D eigenvalue weighted by atomic mass is 10.2. The molecule has 1 aromatic heterocycles.